The first-order valence-corrected chi connectivity index (χ1v) is 8.06. The monoisotopic (exact) mass is 302 g/mol. The highest BCUT2D eigenvalue weighted by Gasteiger charge is 2.36. The molecule has 1 fully saturated rings. The Morgan fingerprint density at radius 2 is 1.77 bits per heavy atom. The number of Topliss-reactive ketones (excluding diaryl/α,β-unsaturated/α-hetero) is 1. The van der Waals surface area contributed by atoms with Crippen molar-refractivity contribution in [2.24, 2.45) is 17.3 Å². The summed E-state index contributed by atoms with van der Waals surface area (Å²) in [4.78, 5) is 23.8. The van der Waals surface area contributed by atoms with E-state index in [1.807, 2.05) is 30.3 Å². The minimum absolute atomic E-state index is 0.0446. The summed E-state index contributed by atoms with van der Waals surface area (Å²) in [5.74, 6) is 0.335. The fourth-order valence-corrected chi connectivity index (χ4v) is 3.11. The van der Waals surface area contributed by atoms with Gasteiger partial charge in [-0.15, -0.1) is 0 Å². The molecule has 3 nitrogen and oxygen atoms in total. The van der Waals surface area contributed by atoms with Gasteiger partial charge in [-0.2, -0.15) is 0 Å². The van der Waals surface area contributed by atoms with E-state index in [1.54, 1.807) is 0 Å². The van der Waals surface area contributed by atoms with Gasteiger partial charge in [-0.1, -0.05) is 51.1 Å². The van der Waals surface area contributed by atoms with E-state index in [-0.39, 0.29) is 24.7 Å². The molecule has 0 unspecified atom stereocenters. The van der Waals surface area contributed by atoms with Gasteiger partial charge in [0.2, 0.25) is 0 Å². The lowest BCUT2D eigenvalue weighted by Gasteiger charge is -2.38. The van der Waals surface area contributed by atoms with Crippen LogP contribution < -0.4 is 0 Å². The van der Waals surface area contributed by atoms with Gasteiger partial charge < -0.3 is 4.74 Å². The first-order chi connectivity index (χ1) is 10.3. The number of carbonyl (C=O) groups is 2. The summed E-state index contributed by atoms with van der Waals surface area (Å²) in [6.07, 6.45) is 2.93. The Bertz CT molecular complexity index is 507. The van der Waals surface area contributed by atoms with Crippen LogP contribution in [0, 0.1) is 17.3 Å². The van der Waals surface area contributed by atoms with Gasteiger partial charge in [0.1, 0.15) is 18.8 Å². The normalized spacial score (nSPS) is 21.0. The number of carbonyl (C=O) groups excluding carboxylic acids is 2. The largest absolute Gasteiger partial charge is 0.460 e. The molecule has 0 heterocycles. The summed E-state index contributed by atoms with van der Waals surface area (Å²) in [6, 6.07) is 9.52. The van der Waals surface area contributed by atoms with Crippen LogP contribution in [0.1, 0.15) is 52.0 Å². The molecule has 120 valence electrons. The highest BCUT2D eigenvalue weighted by molar-refractivity contribution is 5.97. The summed E-state index contributed by atoms with van der Waals surface area (Å²) >= 11 is 0. The predicted octanol–water partition coefficient (Wildman–Crippen LogP) is 4.15. The van der Waals surface area contributed by atoms with Gasteiger partial charge in [0.15, 0.2) is 0 Å². The van der Waals surface area contributed by atoms with Crippen molar-refractivity contribution in [1.29, 1.82) is 0 Å². The third kappa shape index (κ3) is 5.28. The molecule has 1 aliphatic carbocycles. The smallest absolute Gasteiger partial charge is 0.313 e. The van der Waals surface area contributed by atoms with Crippen molar-refractivity contribution in [3.05, 3.63) is 35.9 Å². The second kappa shape index (κ2) is 7.08. The van der Waals surface area contributed by atoms with E-state index < -0.39 is 5.97 Å². The van der Waals surface area contributed by atoms with Crippen molar-refractivity contribution in [3.8, 4) is 0 Å². The average Bonchev–Trinajstić information content (AvgIpc) is 2.40. The molecule has 0 aliphatic heterocycles. The van der Waals surface area contributed by atoms with Gasteiger partial charge in [0, 0.05) is 5.92 Å². The molecule has 2 rings (SSSR count). The van der Waals surface area contributed by atoms with E-state index in [4.69, 9.17) is 4.74 Å². The third-order valence-electron chi connectivity index (χ3n) is 4.15. The molecule has 0 amide bonds. The molecule has 1 aromatic rings. The quantitative estimate of drug-likeness (QED) is 0.585. The molecule has 0 bridgehead atoms. The van der Waals surface area contributed by atoms with Gasteiger partial charge in [0.05, 0.1) is 0 Å². The first kappa shape index (κ1) is 16.7. The molecule has 1 aliphatic rings. The van der Waals surface area contributed by atoms with Crippen LogP contribution in [0.25, 0.3) is 0 Å². The maximum Gasteiger partial charge on any atom is 0.313 e. The lowest BCUT2D eigenvalue weighted by molar-refractivity contribution is -0.149. The van der Waals surface area contributed by atoms with E-state index >= 15 is 0 Å². The van der Waals surface area contributed by atoms with Crippen LogP contribution in [0.2, 0.25) is 0 Å². The first-order valence-electron chi connectivity index (χ1n) is 8.06. The Kier molecular flexibility index (Phi) is 5.38. The fraction of sp³-hybridized carbons (Fsp3) is 0.579. The molecule has 22 heavy (non-hydrogen) atoms. The highest BCUT2D eigenvalue weighted by Crippen LogP contribution is 2.42. The zero-order valence-corrected chi connectivity index (χ0v) is 13.8. The number of ketones is 1. The fourth-order valence-electron chi connectivity index (χ4n) is 3.11. The molecule has 0 atom stereocenters. The minimum atomic E-state index is -0.409. The second-order valence-corrected chi connectivity index (χ2v) is 7.59. The van der Waals surface area contributed by atoms with Crippen molar-refractivity contribution in [3.63, 3.8) is 0 Å². The molecule has 1 saturated carbocycles. The number of ether oxygens (including phenoxy) is 1. The summed E-state index contributed by atoms with van der Waals surface area (Å²) in [5, 5.41) is 0. The van der Waals surface area contributed by atoms with Gasteiger partial charge >= 0.3 is 5.97 Å². The van der Waals surface area contributed by atoms with Crippen LogP contribution in [0.15, 0.2) is 30.3 Å². The predicted molar refractivity (Wildman–Crippen MR) is 86.1 cm³/mol. The summed E-state index contributed by atoms with van der Waals surface area (Å²) in [5.41, 5.74) is 1.25. The number of hydrogen-bond donors (Lipinski definition) is 0. The van der Waals surface area contributed by atoms with Crippen LogP contribution >= 0.6 is 0 Å². The van der Waals surface area contributed by atoms with E-state index in [9.17, 15) is 9.59 Å². The maximum atomic E-state index is 12.1. The van der Waals surface area contributed by atoms with Crippen molar-refractivity contribution in [2.75, 3.05) is 0 Å². The molecular formula is C19H26O3. The SMILES string of the molecule is CC(C)(C)CC1CC(C(=O)CC(=O)OCc2ccccc2)C1. The maximum absolute atomic E-state index is 12.1. The molecule has 0 spiro atoms. The van der Waals surface area contributed by atoms with Gasteiger partial charge in [-0.25, -0.2) is 0 Å². The standard InChI is InChI=1S/C19H26O3/c1-19(2,3)12-15-9-16(10-15)17(20)11-18(21)22-13-14-7-5-4-6-8-14/h4-8,15-16H,9-13H2,1-3H3. The third-order valence-corrected chi connectivity index (χ3v) is 4.15. The average molecular weight is 302 g/mol. The van der Waals surface area contributed by atoms with E-state index in [0.29, 0.717) is 11.3 Å². The van der Waals surface area contributed by atoms with E-state index in [1.165, 1.54) is 0 Å². The molecule has 0 aromatic heterocycles. The molecule has 0 saturated heterocycles. The number of benzene rings is 1. The van der Waals surface area contributed by atoms with Crippen molar-refractivity contribution in [1.82, 2.24) is 0 Å². The van der Waals surface area contributed by atoms with Crippen LogP contribution in [0.4, 0.5) is 0 Å². The zero-order valence-electron chi connectivity index (χ0n) is 13.8. The molecular weight excluding hydrogens is 276 g/mol. The Balaban J connectivity index is 1.66. The molecule has 1 aromatic carbocycles. The van der Waals surface area contributed by atoms with Crippen LogP contribution in [0.5, 0.6) is 0 Å². The second-order valence-electron chi connectivity index (χ2n) is 7.59. The van der Waals surface area contributed by atoms with Crippen LogP contribution in [0.3, 0.4) is 0 Å². The highest BCUT2D eigenvalue weighted by atomic mass is 16.5. The minimum Gasteiger partial charge on any atom is -0.460 e. The van der Waals surface area contributed by atoms with Crippen LogP contribution in [-0.4, -0.2) is 11.8 Å². The molecule has 0 N–H and O–H groups in total. The van der Waals surface area contributed by atoms with Gasteiger partial charge in [-0.05, 0) is 36.2 Å². The van der Waals surface area contributed by atoms with Crippen molar-refractivity contribution < 1.29 is 14.3 Å². The van der Waals surface area contributed by atoms with Crippen LogP contribution in [-0.2, 0) is 20.9 Å². The Morgan fingerprint density at radius 1 is 1.14 bits per heavy atom. The van der Waals surface area contributed by atoms with Crippen molar-refractivity contribution >= 4 is 11.8 Å². The van der Waals surface area contributed by atoms with E-state index in [2.05, 4.69) is 20.8 Å². The summed E-state index contributed by atoms with van der Waals surface area (Å²) < 4.78 is 5.17. The number of rotatable bonds is 6. The lowest BCUT2D eigenvalue weighted by atomic mass is 9.66. The van der Waals surface area contributed by atoms with Crippen molar-refractivity contribution in [2.45, 2.75) is 53.1 Å². The summed E-state index contributed by atoms with van der Waals surface area (Å²) in [7, 11) is 0. The topological polar surface area (TPSA) is 43.4 Å². The lowest BCUT2D eigenvalue weighted by Crippen LogP contribution is -2.34. The van der Waals surface area contributed by atoms with E-state index in [0.717, 1.165) is 24.8 Å². The van der Waals surface area contributed by atoms with Gasteiger partial charge in [0.25, 0.3) is 0 Å². The molecule has 0 radical (unpaired) electrons. The Hall–Kier alpha value is -1.64. The molecule has 3 heteroatoms. The number of esters is 1. The Morgan fingerprint density at radius 3 is 2.36 bits per heavy atom. The number of hydrogen-bond acceptors (Lipinski definition) is 3. The van der Waals surface area contributed by atoms with Gasteiger partial charge in [-0.3, -0.25) is 9.59 Å². The summed E-state index contributed by atoms with van der Waals surface area (Å²) in [6.45, 7) is 6.92. The Labute approximate surface area is 133 Å². The zero-order chi connectivity index (χ0) is 16.2.